The SMILES string of the molecule is CCN1CCC2(CC1)OC(=O)C(C)=C2C(=O)N1CCN(c2cc(CF)cc(C(F)(F)F)c2)CC1. The van der Waals surface area contributed by atoms with Crippen molar-refractivity contribution >= 4 is 17.6 Å². The number of piperazine rings is 1. The van der Waals surface area contributed by atoms with Crippen LogP contribution in [0.4, 0.5) is 23.2 Å². The molecule has 0 N–H and O–H groups in total. The zero-order valence-corrected chi connectivity index (χ0v) is 19.4. The number of nitrogens with zero attached hydrogens (tertiary/aromatic N) is 3. The van der Waals surface area contributed by atoms with E-state index in [1.807, 2.05) is 0 Å². The van der Waals surface area contributed by atoms with Gasteiger partial charge in [0.1, 0.15) is 12.3 Å². The largest absolute Gasteiger partial charge is 0.450 e. The summed E-state index contributed by atoms with van der Waals surface area (Å²) in [6.45, 7) is 6.20. The zero-order chi connectivity index (χ0) is 24.7. The number of carbonyl (C=O) groups is 2. The molecule has 3 aliphatic rings. The van der Waals surface area contributed by atoms with Crippen LogP contribution in [0.3, 0.4) is 0 Å². The summed E-state index contributed by atoms with van der Waals surface area (Å²) < 4.78 is 58.6. The third-order valence-corrected chi connectivity index (χ3v) is 7.14. The van der Waals surface area contributed by atoms with Gasteiger partial charge in [0.2, 0.25) is 0 Å². The lowest BCUT2D eigenvalue weighted by atomic mass is 9.82. The van der Waals surface area contributed by atoms with Gasteiger partial charge in [0.15, 0.2) is 0 Å². The van der Waals surface area contributed by atoms with Crippen LogP contribution in [-0.2, 0) is 27.2 Å². The van der Waals surface area contributed by atoms with E-state index in [9.17, 15) is 27.2 Å². The maximum Gasteiger partial charge on any atom is 0.416 e. The normalized spacial score (nSPS) is 21.4. The van der Waals surface area contributed by atoms with Gasteiger partial charge >= 0.3 is 12.1 Å². The molecular formula is C24H29F4N3O3. The molecular weight excluding hydrogens is 454 g/mol. The minimum atomic E-state index is -4.57. The third-order valence-electron chi connectivity index (χ3n) is 7.14. The van der Waals surface area contributed by atoms with Crippen molar-refractivity contribution in [1.82, 2.24) is 9.80 Å². The van der Waals surface area contributed by atoms with Gasteiger partial charge in [0, 0.05) is 63.4 Å². The van der Waals surface area contributed by atoms with Crippen LogP contribution in [0.2, 0.25) is 0 Å². The summed E-state index contributed by atoms with van der Waals surface area (Å²) >= 11 is 0. The fourth-order valence-corrected chi connectivity index (χ4v) is 5.11. The summed E-state index contributed by atoms with van der Waals surface area (Å²) in [5, 5.41) is 0. The number of rotatable bonds is 4. The highest BCUT2D eigenvalue weighted by Gasteiger charge is 2.51. The summed E-state index contributed by atoms with van der Waals surface area (Å²) in [6.07, 6.45) is -3.46. The molecule has 0 bridgehead atoms. The van der Waals surface area contributed by atoms with Crippen LogP contribution < -0.4 is 4.90 Å². The first-order valence-corrected chi connectivity index (χ1v) is 11.6. The third kappa shape index (κ3) is 4.52. The summed E-state index contributed by atoms with van der Waals surface area (Å²) in [7, 11) is 0. The summed E-state index contributed by atoms with van der Waals surface area (Å²) in [6, 6.07) is 3.25. The highest BCUT2D eigenvalue weighted by molar-refractivity contribution is 6.07. The lowest BCUT2D eigenvalue weighted by Gasteiger charge is -2.41. The number of carbonyl (C=O) groups excluding carboxylic acids is 2. The molecule has 6 nitrogen and oxygen atoms in total. The van der Waals surface area contributed by atoms with Crippen LogP contribution in [0, 0.1) is 0 Å². The first kappa shape index (κ1) is 24.5. The van der Waals surface area contributed by atoms with E-state index in [1.54, 1.807) is 16.7 Å². The molecule has 1 amide bonds. The van der Waals surface area contributed by atoms with Gasteiger partial charge in [0.25, 0.3) is 5.91 Å². The quantitative estimate of drug-likeness (QED) is 0.485. The Morgan fingerprint density at radius 3 is 2.26 bits per heavy atom. The Morgan fingerprint density at radius 2 is 1.71 bits per heavy atom. The van der Waals surface area contributed by atoms with Crippen LogP contribution in [0.1, 0.15) is 37.8 Å². The van der Waals surface area contributed by atoms with Crippen molar-refractivity contribution < 1.29 is 31.9 Å². The Hall–Kier alpha value is -2.62. The maximum atomic E-state index is 13.5. The molecule has 0 radical (unpaired) electrons. The molecule has 2 fully saturated rings. The number of halogens is 4. The lowest BCUT2D eigenvalue weighted by Crippen LogP contribution is -2.53. The van der Waals surface area contributed by atoms with Crippen molar-refractivity contribution in [2.24, 2.45) is 0 Å². The minimum absolute atomic E-state index is 0.0360. The molecule has 0 saturated carbocycles. The highest BCUT2D eigenvalue weighted by atomic mass is 19.4. The molecule has 1 aromatic rings. The number of hydrogen-bond acceptors (Lipinski definition) is 5. The predicted octanol–water partition coefficient (Wildman–Crippen LogP) is 3.55. The Balaban J connectivity index is 1.49. The van der Waals surface area contributed by atoms with Crippen LogP contribution in [0.15, 0.2) is 29.3 Å². The molecule has 4 rings (SSSR count). The molecule has 3 heterocycles. The van der Waals surface area contributed by atoms with Crippen molar-refractivity contribution in [3.63, 3.8) is 0 Å². The molecule has 10 heteroatoms. The van der Waals surface area contributed by atoms with Gasteiger partial charge in [-0.1, -0.05) is 6.92 Å². The smallest absolute Gasteiger partial charge is 0.416 e. The summed E-state index contributed by atoms with van der Waals surface area (Å²) in [4.78, 5) is 31.5. The second kappa shape index (κ2) is 9.20. The van der Waals surface area contributed by atoms with Gasteiger partial charge in [-0.2, -0.15) is 13.2 Å². The molecule has 0 unspecified atom stereocenters. The van der Waals surface area contributed by atoms with E-state index in [1.165, 1.54) is 6.07 Å². The van der Waals surface area contributed by atoms with E-state index in [0.717, 1.165) is 31.8 Å². The number of piperidine rings is 1. The van der Waals surface area contributed by atoms with Crippen LogP contribution >= 0.6 is 0 Å². The Morgan fingerprint density at radius 1 is 1.06 bits per heavy atom. The van der Waals surface area contributed by atoms with E-state index in [4.69, 9.17) is 4.74 Å². The Bertz CT molecular complexity index is 992. The van der Waals surface area contributed by atoms with E-state index >= 15 is 0 Å². The molecule has 1 aromatic carbocycles. The van der Waals surface area contributed by atoms with Gasteiger partial charge < -0.3 is 19.4 Å². The molecule has 1 spiro atoms. The standard InChI is InChI=1S/C24H29F4N3O3/c1-3-29-6-4-23(5-7-29)20(16(2)22(33)34-23)21(32)31-10-8-30(9-11-31)19-13-17(15-25)12-18(14-19)24(26,27)28/h12-14H,3-11,15H2,1-2H3. The average molecular weight is 484 g/mol. The summed E-state index contributed by atoms with van der Waals surface area (Å²) in [5.74, 6) is -0.712. The number of esters is 1. The zero-order valence-electron chi connectivity index (χ0n) is 19.4. The number of anilines is 1. The molecule has 186 valence electrons. The number of ether oxygens (including phenoxy) is 1. The van der Waals surface area contributed by atoms with Crippen molar-refractivity contribution in [2.75, 3.05) is 50.7 Å². The monoisotopic (exact) mass is 483 g/mol. The second-order valence-corrected chi connectivity index (χ2v) is 9.12. The first-order chi connectivity index (χ1) is 16.1. The number of alkyl halides is 4. The van der Waals surface area contributed by atoms with E-state index in [-0.39, 0.29) is 30.2 Å². The van der Waals surface area contributed by atoms with Crippen LogP contribution in [0.5, 0.6) is 0 Å². The van der Waals surface area contributed by atoms with Gasteiger partial charge in [-0.25, -0.2) is 9.18 Å². The molecule has 0 aromatic heterocycles. The van der Waals surface area contributed by atoms with Crippen molar-refractivity contribution in [3.8, 4) is 0 Å². The fourth-order valence-electron chi connectivity index (χ4n) is 5.11. The second-order valence-electron chi connectivity index (χ2n) is 9.12. The van der Waals surface area contributed by atoms with Gasteiger partial charge in [0.05, 0.1) is 11.1 Å². The fraction of sp³-hybridized carbons (Fsp3) is 0.583. The Kier molecular flexibility index (Phi) is 6.63. The van der Waals surface area contributed by atoms with Gasteiger partial charge in [-0.15, -0.1) is 0 Å². The van der Waals surface area contributed by atoms with Crippen molar-refractivity contribution in [3.05, 3.63) is 40.5 Å². The predicted molar refractivity (Wildman–Crippen MR) is 118 cm³/mol. The molecule has 34 heavy (non-hydrogen) atoms. The molecule has 3 aliphatic heterocycles. The molecule has 0 atom stereocenters. The number of benzene rings is 1. The van der Waals surface area contributed by atoms with E-state index in [2.05, 4.69) is 11.8 Å². The molecule has 0 aliphatic carbocycles. The minimum Gasteiger partial charge on any atom is -0.450 e. The Labute approximate surface area is 196 Å². The van der Waals surface area contributed by atoms with E-state index in [0.29, 0.717) is 37.1 Å². The van der Waals surface area contributed by atoms with Crippen LogP contribution in [-0.4, -0.2) is 73.1 Å². The number of amides is 1. The van der Waals surface area contributed by atoms with Crippen molar-refractivity contribution in [2.45, 2.75) is 45.1 Å². The topological polar surface area (TPSA) is 53.1 Å². The lowest BCUT2D eigenvalue weighted by molar-refractivity contribution is -0.151. The first-order valence-electron chi connectivity index (χ1n) is 11.6. The van der Waals surface area contributed by atoms with E-state index < -0.39 is 30.0 Å². The maximum absolute atomic E-state index is 13.5. The summed E-state index contributed by atoms with van der Waals surface area (Å²) in [5.41, 5.74) is -0.793. The van der Waals surface area contributed by atoms with Gasteiger partial charge in [-0.3, -0.25) is 4.79 Å². The molecule has 2 saturated heterocycles. The highest BCUT2D eigenvalue weighted by Crippen LogP contribution is 2.42. The van der Waals surface area contributed by atoms with Crippen LogP contribution in [0.25, 0.3) is 0 Å². The number of hydrogen-bond donors (Lipinski definition) is 0. The van der Waals surface area contributed by atoms with Gasteiger partial charge in [-0.05, 0) is 37.2 Å². The average Bonchev–Trinajstić information content (AvgIpc) is 3.07. The number of likely N-dealkylation sites (tertiary alicyclic amines) is 1. The van der Waals surface area contributed by atoms with Crippen molar-refractivity contribution in [1.29, 1.82) is 0 Å².